The maximum atomic E-state index is 13.2. The summed E-state index contributed by atoms with van der Waals surface area (Å²) in [5.74, 6) is -3.31. The van der Waals surface area contributed by atoms with Gasteiger partial charge in [0.1, 0.15) is 11.9 Å². The van der Waals surface area contributed by atoms with Gasteiger partial charge in [-0.05, 0) is 56.5 Å². The minimum atomic E-state index is -1.08. The number of carboxylic acid groups (broad SMARTS) is 1. The van der Waals surface area contributed by atoms with Crippen LogP contribution in [0.3, 0.4) is 0 Å². The van der Waals surface area contributed by atoms with Crippen molar-refractivity contribution in [1.82, 2.24) is 15.6 Å². The molecule has 2 aromatic carbocycles. The van der Waals surface area contributed by atoms with Gasteiger partial charge in [-0.25, -0.2) is 4.39 Å². The highest BCUT2D eigenvalue weighted by molar-refractivity contribution is 5.97. The normalized spacial score (nSPS) is 12.9. The Morgan fingerprint density at radius 2 is 1.67 bits per heavy atom. The van der Waals surface area contributed by atoms with E-state index in [0.29, 0.717) is 12.1 Å². The van der Waals surface area contributed by atoms with Gasteiger partial charge >= 0.3 is 5.97 Å². The first-order chi connectivity index (χ1) is 17.0. The quantitative estimate of drug-likeness (QED) is 0.393. The van der Waals surface area contributed by atoms with E-state index < -0.39 is 35.3 Å². The number of aromatic nitrogens is 1. The van der Waals surface area contributed by atoms with Crippen LogP contribution in [0.4, 0.5) is 4.39 Å². The number of hydrogen-bond acceptors (Lipinski definition) is 4. The summed E-state index contributed by atoms with van der Waals surface area (Å²) in [5, 5.41) is 14.9. The zero-order valence-electron chi connectivity index (χ0n) is 20.5. The SMILES string of the molecule is CC(CC(NC(=O)c1ccc(-c2ccccc2)nc1)C(=O)NC(C)(C)Cc1ccc(F)cc1)C(=O)O. The molecule has 0 fully saturated rings. The number of nitrogens with one attached hydrogen (secondary N) is 2. The van der Waals surface area contributed by atoms with E-state index >= 15 is 0 Å². The molecule has 0 radical (unpaired) electrons. The summed E-state index contributed by atoms with van der Waals surface area (Å²) in [6.07, 6.45) is 1.75. The van der Waals surface area contributed by atoms with Crippen LogP contribution in [-0.4, -0.2) is 39.5 Å². The number of benzene rings is 2. The molecule has 0 aliphatic rings. The van der Waals surface area contributed by atoms with Crippen LogP contribution in [0.2, 0.25) is 0 Å². The standard InChI is InChI=1S/C28H30FN3O4/c1-18(27(35)36)15-24(26(34)32-28(2,3)16-19-9-12-22(29)13-10-19)31-25(33)21-11-14-23(30-17-21)20-7-5-4-6-8-20/h4-14,17-18,24H,15-16H2,1-3H3,(H,31,33)(H,32,34)(H,35,36). The zero-order valence-corrected chi connectivity index (χ0v) is 20.5. The fourth-order valence-corrected chi connectivity index (χ4v) is 3.81. The van der Waals surface area contributed by atoms with E-state index in [0.717, 1.165) is 11.1 Å². The Hall–Kier alpha value is -4.07. The van der Waals surface area contributed by atoms with E-state index in [9.17, 15) is 23.9 Å². The lowest BCUT2D eigenvalue weighted by Crippen LogP contribution is -2.54. The summed E-state index contributed by atoms with van der Waals surface area (Å²) in [7, 11) is 0. The topological polar surface area (TPSA) is 108 Å². The molecule has 1 heterocycles. The van der Waals surface area contributed by atoms with Crippen LogP contribution in [0.1, 0.15) is 43.1 Å². The third-order valence-electron chi connectivity index (χ3n) is 5.75. The van der Waals surface area contributed by atoms with E-state index in [4.69, 9.17) is 0 Å². The fourth-order valence-electron chi connectivity index (χ4n) is 3.81. The van der Waals surface area contributed by atoms with Gasteiger partial charge in [0.05, 0.1) is 17.2 Å². The van der Waals surface area contributed by atoms with Gasteiger partial charge in [-0.15, -0.1) is 0 Å². The first-order valence-electron chi connectivity index (χ1n) is 11.7. The van der Waals surface area contributed by atoms with E-state index in [1.54, 1.807) is 38.1 Å². The van der Waals surface area contributed by atoms with Gasteiger partial charge in [-0.1, -0.05) is 49.4 Å². The number of amides is 2. The minimum absolute atomic E-state index is 0.0882. The summed E-state index contributed by atoms with van der Waals surface area (Å²) in [5.41, 5.74) is 1.94. The molecule has 8 heteroatoms. The first-order valence-corrected chi connectivity index (χ1v) is 11.7. The maximum absolute atomic E-state index is 13.2. The Morgan fingerprint density at radius 3 is 2.25 bits per heavy atom. The van der Waals surface area contributed by atoms with Crippen molar-refractivity contribution < 1.29 is 23.9 Å². The fraction of sp³-hybridized carbons (Fsp3) is 0.286. The summed E-state index contributed by atoms with van der Waals surface area (Å²) in [4.78, 5) is 41.9. The van der Waals surface area contributed by atoms with Gasteiger partial charge in [0.2, 0.25) is 5.91 Å². The Morgan fingerprint density at radius 1 is 1.00 bits per heavy atom. The second kappa shape index (κ2) is 11.6. The molecule has 0 spiro atoms. The number of aliphatic carboxylic acids is 1. The number of halogens is 1. The van der Waals surface area contributed by atoms with Crippen molar-refractivity contribution in [3.05, 3.63) is 89.9 Å². The molecular weight excluding hydrogens is 461 g/mol. The van der Waals surface area contributed by atoms with Crippen molar-refractivity contribution >= 4 is 17.8 Å². The number of carboxylic acids is 1. The predicted molar refractivity (Wildman–Crippen MR) is 135 cm³/mol. The van der Waals surface area contributed by atoms with Crippen LogP contribution in [0.15, 0.2) is 72.9 Å². The van der Waals surface area contributed by atoms with Gasteiger partial charge in [-0.2, -0.15) is 0 Å². The molecule has 3 rings (SSSR count). The van der Waals surface area contributed by atoms with Gasteiger partial charge in [-0.3, -0.25) is 19.4 Å². The van der Waals surface area contributed by atoms with E-state index in [-0.39, 0.29) is 17.8 Å². The molecule has 1 aromatic heterocycles. The highest BCUT2D eigenvalue weighted by Gasteiger charge is 2.30. The molecule has 0 saturated heterocycles. The molecule has 2 atom stereocenters. The number of carbonyl (C=O) groups excluding carboxylic acids is 2. The Labute approximate surface area is 209 Å². The number of nitrogens with zero attached hydrogens (tertiary/aromatic N) is 1. The molecule has 7 nitrogen and oxygen atoms in total. The lowest BCUT2D eigenvalue weighted by Gasteiger charge is -2.30. The van der Waals surface area contributed by atoms with Crippen LogP contribution < -0.4 is 10.6 Å². The molecule has 0 aliphatic carbocycles. The molecular formula is C28H30FN3O4. The largest absolute Gasteiger partial charge is 0.481 e. The number of pyridine rings is 1. The summed E-state index contributed by atoms with van der Waals surface area (Å²) in [6.45, 7) is 5.09. The average Bonchev–Trinajstić information content (AvgIpc) is 2.85. The van der Waals surface area contributed by atoms with Crippen molar-refractivity contribution in [3.8, 4) is 11.3 Å². The smallest absolute Gasteiger partial charge is 0.306 e. The molecule has 0 saturated carbocycles. The van der Waals surface area contributed by atoms with Crippen LogP contribution >= 0.6 is 0 Å². The van der Waals surface area contributed by atoms with E-state index in [1.165, 1.54) is 25.3 Å². The molecule has 2 amide bonds. The van der Waals surface area contributed by atoms with Gasteiger partial charge in [0.25, 0.3) is 5.91 Å². The van der Waals surface area contributed by atoms with Crippen molar-refractivity contribution in [2.45, 2.75) is 45.2 Å². The second-order valence-corrected chi connectivity index (χ2v) is 9.48. The highest BCUT2D eigenvalue weighted by atomic mass is 19.1. The molecule has 0 aliphatic heterocycles. The molecule has 188 valence electrons. The molecule has 0 bridgehead atoms. The first kappa shape index (κ1) is 26.5. The Balaban J connectivity index is 1.72. The van der Waals surface area contributed by atoms with E-state index in [2.05, 4.69) is 15.6 Å². The Kier molecular flexibility index (Phi) is 8.53. The van der Waals surface area contributed by atoms with Gasteiger partial charge < -0.3 is 15.7 Å². The number of hydrogen-bond donors (Lipinski definition) is 3. The van der Waals surface area contributed by atoms with Crippen LogP contribution in [-0.2, 0) is 16.0 Å². The molecule has 3 aromatic rings. The second-order valence-electron chi connectivity index (χ2n) is 9.48. The third kappa shape index (κ3) is 7.46. The number of rotatable bonds is 10. The zero-order chi connectivity index (χ0) is 26.3. The number of carbonyl (C=O) groups is 3. The van der Waals surface area contributed by atoms with Crippen molar-refractivity contribution in [2.24, 2.45) is 5.92 Å². The molecule has 36 heavy (non-hydrogen) atoms. The van der Waals surface area contributed by atoms with Crippen molar-refractivity contribution in [2.75, 3.05) is 0 Å². The van der Waals surface area contributed by atoms with Crippen molar-refractivity contribution in [3.63, 3.8) is 0 Å². The van der Waals surface area contributed by atoms with Crippen LogP contribution in [0, 0.1) is 11.7 Å². The van der Waals surface area contributed by atoms with E-state index in [1.807, 2.05) is 30.3 Å². The van der Waals surface area contributed by atoms with Gasteiger partial charge in [0.15, 0.2) is 0 Å². The lowest BCUT2D eigenvalue weighted by molar-refractivity contribution is -0.141. The highest BCUT2D eigenvalue weighted by Crippen LogP contribution is 2.18. The summed E-state index contributed by atoms with van der Waals surface area (Å²) in [6, 6.07) is 17.7. The average molecular weight is 492 g/mol. The molecule has 2 unspecified atom stereocenters. The Bertz CT molecular complexity index is 1200. The summed E-state index contributed by atoms with van der Waals surface area (Å²) < 4.78 is 13.2. The lowest BCUT2D eigenvalue weighted by atomic mass is 9.93. The van der Waals surface area contributed by atoms with Crippen molar-refractivity contribution in [1.29, 1.82) is 0 Å². The minimum Gasteiger partial charge on any atom is -0.481 e. The maximum Gasteiger partial charge on any atom is 0.306 e. The van der Waals surface area contributed by atoms with Crippen LogP contribution in [0.5, 0.6) is 0 Å². The monoisotopic (exact) mass is 491 g/mol. The molecule has 3 N–H and O–H groups in total. The van der Waals surface area contributed by atoms with Crippen LogP contribution in [0.25, 0.3) is 11.3 Å². The van der Waals surface area contributed by atoms with Gasteiger partial charge in [0, 0.05) is 17.3 Å². The predicted octanol–water partition coefficient (Wildman–Crippen LogP) is 4.23. The summed E-state index contributed by atoms with van der Waals surface area (Å²) >= 11 is 0. The third-order valence-corrected chi connectivity index (χ3v) is 5.75.